The summed E-state index contributed by atoms with van der Waals surface area (Å²) < 4.78 is 11.0. The highest BCUT2D eigenvalue weighted by Gasteiger charge is 2.25. The number of benzene rings is 1. The summed E-state index contributed by atoms with van der Waals surface area (Å²) in [6.45, 7) is 2.11. The second-order valence-corrected chi connectivity index (χ2v) is 5.58. The molecule has 7 nitrogen and oxygen atoms in total. The van der Waals surface area contributed by atoms with E-state index >= 15 is 0 Å². The molecule has 0 unspecified atom stereocenters. The van der Waals surface area contributed by atoms with Crippen LogP contribution in [-0.2, 0) is 0 Å². The number of aromatic nitrogens is 3. The molecule has 1 saturated heterocycles. The van der Waals surface area contributed by atoms with Gasteiger partial charge < -0.3 is 14.4 Å². The zero-order valence-electron chi connectivity index (χ0n) is 13.1. The van der Waals surface area contributed by atoms with E-state index in [-0.39, 0.29) is 5.91 Å². The highest BCUT2D eigenvalue weighted by atomic mass is 16.5. The fourth-order valence-corrected chi connectivity index (χ4v) is 2.66. The maximum atomic E-state index is 12.2. The highest BCUT2D eigenvalue weighted by Crippen LogP contribution is 2.22. The van der Waals surface area contributed by atoms with Crippen molar-refractivity contribution in [3.05, 3.63) is 36.2 Å². The molecule has 122 valence electrons. The summed E-state index contributed by atoms with van der Waals surface area (Å²) in [6, 6.07) is 7.58. The molecule has 3 rings (SSSR count). The molecule has 1 aliphatic heterocycles. The monoisotopic (exact) mass is 316 g/mol. The third-order valence-corrected chi connectivity index (χ3v) is 4.08. The van der Waals surface area contributed by atoms with Gasteiger partial charge in [-0.15, -0.1) is 0 Å². The van der Waals surface area contributed by atoms with E-state index in [4.69, 9.17) is 9.47 Å². The van der Waals surface area contributed by atoms with Crippen molar-refractivity contribution in [2.45, 2.75) is 12.8 Å². The Morgan fingerprint density at radius 1 is 1.26 bits per heavy atom. The summed E-state index contributed by atoms with van der Waals surface area (Å²) in [6.07, 6.45) is 3.32. The molecule has 0 radical (unpaired) electrons. The van der Waals surface area contributed by atoms with Crippen molar-refractivity contribution in [1.82, 2.24) is 20.3 Å². The lowest BCUT2D eigenvalue weighted by atomic mass is 9.97. The van der Waals surface area contributed by atoms with E-state index in [1.807, 2.05) is 29.2 Å². The Hall–Kier alpha value is -2.57. The van der Waals surface area contributed by atoms with Crippen LogP contribution >= 0.6 is 0 Å². The smallest absolute Gasteiger partial charge is 0.276 e. The van der Waals surface area contributed by atoms with Gasteiger partial charge in [-0.05, 0) is 43.0 Å². The van der Waals surface area contributed by atoms with Crippen LogP contribution in [-0.4, -0.2) is 53.0 Å². The van der Waals surface area contributed by atoms with Gasteiger partial charge in [0.1, 0.15) is 11.5 Å². The van der Waals surface area contributed by atoms with E-state index in [1.165, 1.54) is 6.20 Å². The van der Waals surface area contributed by atoms with Gasteiger partial charge in [-0.3, -0.25) is 4.79 Å². The van der Waals surface area contributed by atoms with Crippen LogP contribution in [0.4, 0.5) is 0 Å². The molecular formula is C16H20N4O3. The third-order valence-electron chi connectivity index (χ3n) is 4.08. The zero-order chi connectivity index (χ0) is 16.1. The number of H-pyrrole nitrogens is 1. The number of carbonyl (C=O) groups is 1. The molecule has 0 bridgehead atoms. The van der Waals surface area contributed by atoms with Crippen LogP contribution in [0.15, 0.2) is 30.5 Å². The summed E-state index contributed by atoms with van der Waals surface area (Å²) in [5.74, 6) is 2.05. The van der Waals surface area contributed by atoms with Gasteiger partial charge in [-0.1, -0.05) is 0 Å². The molecule has 1 fully saturated rings. The quantitative estimate of drug-likeness (QED) is 0.909. The van der Waals surface area contributed by atoms with E-state index in [1.54, 1.807) is 7.11 Å². The maximum absolute atomic E-state index is 12.2. The van der Waals surface area contributed by atoms with Gasteiger partial charge in [0.2, 0.25) is 0 Å². The number of methoxy groups -OCH3 is 1. The van der Waals surface area contributed by atoms with Crippen LogP contribution in [0.3, 0.4) is 0 Å². The average molecular weight is 316 g/mol. The number of nitrogens with zero attached hydrogens (tertiary/aromatic N) is 3. The summed E-state index contributed by atoms with van der Waals surface area (Å²) in [5.41, 5.74) is 0.373. The maximum Gasteiger partial charge on any atom is 0.276 e. The average Bonchev–Trinajstić information content (AvgIpc) is 3.15. The molecule has 1 aliphatic rings. The summed E-state index contributed by atoms with van der Waals surface area (Å²) in [7, 11) is 1.64. The minimum atomic E-state index is -0.0618. The molecule has 0 atom stereocenters. The Labute approximate surface area is 134 Å². The lowest BCUT2D eigenvalue weighted by molar-refractivity contribution is 0.0655. The first-order valence-electron chi connectivity index (χ1n) is 7.68. The van der Waals surface area contributed by atoms with Gasteiger partial charge >= 0.3 is 0 Å². The van der Waals surface area contributed by atoms with Crippen LogP contribution in [0.25, 0.3) is 0 Å². The van der Waals surface area contributed by atoms with Crippen molar-refractivity contribution in [3.63, 3.8) is 0 Å². The molecule has 1 amide bonds. The fraction of sp³-hybridized carbons (Fsp3) is 0.438. The molecular weight excluding hydrogens is 296 g/mol. The Balaban J connectivity index is 1.44. The third kappa shape index (κ3) is 3.80. The number of carbonyl (C=O) groups excluding carboxylic acids is 1. The topological polar surface area (TPSA) is 80.3 Å². The minimum Gasteiger partial charge on any atom is -0.497 e. The molecule has 0 aliphatic carbocycles. The van der Waals surface area contributed by atoms with E-state index < -0.39 is 0 Å². The molecule has 0 spiro atoms. The van der Waals surface area contributed by atoms with Crippen molar-refractivity contribution < 1.29 is 14.3 Å². The number of ether oxygens (including phenoxy) is 2. The molecule has 0 saturated carbocycles. The first-order chi connectivity index (χ1) is 11.3. The second kappa shape index (κ2) is 7.13. The predicted octanol–water partition coefficient (Wildman–Crippen LogP) is 1.74. The molecule has 1 N–H and O–H groups in total. The van der Waals surface area contributed by atoms with E-state index in [0.717, 1.165) is 37.4 Å². The van der Waals surface area contributed by atoms with Crippen LogP contribution in [0.2, 0.25) is 0 Å². The largest absolute Gasteiger partial charge is 0.497 e. The van der Waals surface area contributed by atoms with Crippen LogP contribution in [0, 0.1) is 5.92 Å². The SMILES string of the molecule is COc1ccc(OCC2CCN(C(=O)c3cn[nH]n3)CC2)cc1. The Morgan fingerprint density at radius 2 is 1.96 bits per heavy atom. The number of aromatic amines is 1. The van der Waals surface area contributed by atoms with Gasteiger partial charge in [0, 0.05) is 13.1 Å². The molecule has 2 heterocycles. The van der Waals surface area contributed by atoms with Gasteiger partial charge in [-0.2, -0.15) is 15.4 Å². The van der Waals surface area contributed by atoms with Crippen LogP contribution < -0.4 is 9.47 Å². The molecule has 23 heavy (non-hydrogen) atoms. The molecule has 1 aromatic carbocycles. The van der Waals surface area contributed by atoms with Gasteiger partial charge in [0.05, 0.1) is 19.9 Å². The Bertz CT molecular complexity index is 619. The highest BCUT2D eigenvalue weighted by molar-refractivity contribution is 5.91. The summed E-state index contributed by atoms with van der Waals surface area (Å²) >= 11 is 0. The summed E-state index contributed by atoms with van der Waals surface area (Å²) in [4.78, 5) is 14.0. The molecule has 2 aromatic rings. The Morgan fingerprint density at radius 3 is 2.57 bits per heavy atom. The number of hydrogen-bond donors (Lipinski definition) is 1. The van der Waals surface area contributed by atoms with Crippen molar-refractivity contribution in [1.29, 1.82) is 0 Å². The number of rotatable bonds is 5. The lowest BCUT2D eigenvalue weighted by Gasteiger charge is -2.31. The van der Waals surface area contributed by atoms with Gasteiger partial charge in [0.25, 0.3) is 5.91 Å². The van der Waals surface area contributed by atoms with E-state index in [9.17, 15) is 4.79 Å². The predicted molar refractivity (Wildman–Crippen MR) is 83.5 cm³/mol. The lowest BCUT2D eigenvalue weighted by Crippen LogP contribution is -2.39. The van der Waals surface area contributed by atoms with E-state index in [0.29, 0.717) is 18.2 Å². The van der Waals surface area contributed by atoms with E-state index in [2.05, 4.69) is 15.4 Å². The first-order valence-corrected chi connectivity index (χ1v) is 7.68. The van der Waals surface area contributed by atoms with Gasteiger partial charge in [0.15, 0.2) is 5.69 Å². The number of likely N-dealkylation sites (tertiary alicyclic amines) is 1. The van der Waals surface area contributed by atoms with Crippen molar-refractivity contribution >= 4 is 5.91 Å². The second-order valence-electron chi connectivity index (χ2n) is 5.58. The number of hydrogen-bond acceptors (Lipinski definition) is 5. The number of piperidine rings is 1. The summed E-state index contributed by atoms with van der Waals surface area (Å²) in [5, 5.41) is 9.98. The molecule has 1 aromatic heterocycles. The molecule has 7 heteroatoms. The number of amides is 1. The standard InChI is InChI=1S/C16H20N4O3/c1-22-13-2-4-14(5-3-13)23-11-12-6-8-20(9-7-12)16(21)15-10-17-19-18-15/h2-5,10,12H,6-9,11H2,1H3,(H,17,18,19). The van der Waals surface area contributed by atoms with Crippen molar-refractivity contribution in [2.24, 2.45) is 5.92 Å². The normalized spacial score (nSPS) is 15.4. The van der Waals surface area contributed by atoms with Crippen LogP contribution in [0.5, 0.6) is 11.5 Å². The van der Waals surface area contributed by atoms with Crippen LogP contribution in [0.1, 0.15) is 23.3 Å². The van der Waals surface area contributed by atoms with Crippen molar-refractivity contribution in [2.75, 3.05) is 26.8 Å². The zero-order valence-corrected chi connectivity index (χ0v) is 13.1. The number of nitrogens with one attached hydrogen (secondary N) is 1. The minimum absolute atomic E-state index is 0.0618. The fourth-order valence-electron chi connectivity index (χ4n) is 2.66. The Kier molecular flexibility index (Phi) is 4.75. The van der Waals surface area contributed by atoms with Gasteiger partial charge in [-0.25, -0.2) is 0 Å². The first kappa shape index (κ1) is 15.3. The van der Waals surface area contributed by atoms with Crippen molar-refractivity contribution in [3.8, 4) is 11.5 Å².